The molecule has 0 saturated heterocycles. The molecule has 0 radical (unpaired) electrons. The first kappa shape index (κ1) is 18.0. The van der Waals surface area contributed by atoms with Gasteiger partial charge in [0.1, 0.15) is 0 Å². The number of hydrogen-bond donors (Lipinski definition) is 0. The molecule has 0 spiro atoms. The van der Waals surface area contributed by atoms with Gasteiger partial charge in [-0.1, -0.05) is 57.3 Å². The van der Waals surface area contributed by atoms with Crippen LogP contribution in [0.15, 0.2) is 23.4 Å². The Morgan fingerprint density at radius 2 is 1.61 bits per heavy atom. The second kappa shape index (κ2) is 5.96. The number of allylic oxidation sites excluding steroid dienone is 3. The van der Waals surface area contributed by atoms with E-state index < -0.39 is 8.07 Å². The average Bonchev–Trinajstić information content (AvgIpc) is 2.12. The van der Waals surface area contributed by atoms with Gasteiger partial charge in [0.05, 0.1) is 12.9 Å². The first-order valence-corrected chi connectivity index (χ1v) is 10.7. The maximum absolute atomic E-state index is 7.04. The summed E-state index contributed by atoms with van der Waals surface area (Å²) >= 11 is 7.04. The molecule has 0 saturated carbocycles. The summed E-state index contributed by atoms with van der Waals surface area (Å²) in [5.74, 6) is 0. The summed E-state index contributed by atoms with van der Waals surface area (Å²) in [5.41, 5.74) is 1.41. The zero-order chi connectivity index (χ0) is 14.8. The molecular formula is C16H31ClSi. The third kappa shape index (κ3) is 4.58. The Hall–Kier alpha value is -0.0131. The molecule has 106 valence electrons. The molecule has 2 heteroatoms. The quantitative estimate of drug-likeness (QED) is 0.321. The van der Waals surface area contributed by atoms with Gasteiger partial charge in [-0.25, -0.2) is 0 Å². The summed E-state index contributed by atoms with van der Waals surface area (Å²) in [5, 5.41) is 1.28. The van der Waals surface area contributed by atoms with Crippen LogP contribution in [0.25, 0.3) is 0 Å². The van der Waals surface area contributed by atoms with E-state index in [-0.39, 0.29) is 10.3 Å². The van der Waals surface area contributed by atoms with Crippen molar-refractivity contribution in [3.8, 4) is 0 Å². The molecule has 0 bridgehead atoms. The molecule has 0 aromatic heterocycles. The molecule has 0 aliphatic carbocycles. The van der Waals surface area contributed by atoms with Crippen molar-refractivity contribution in [1.82, 2.24) is 0 Å². The van der Waals surface area contributed by atoms with Crippen LogP contribution >= 0.6 is 11.6 Å². The highest BCUT2D eigenvalue weighted by Gasteiger charge is 2.45. The van der Waals surface area contributed by atoms with Crippen LogP contribution in [0.2, 0.25) is 19.6 Å². The van der Waals surface area contributed by atoms with Gasteiger partial charge in [-0.05, 0) is 32.1 Å². The molecular weight excluding hydrogens is 256 g/mol. The Kier molecular flexibility index (Phi) is 5.96. The van der Waals surface area contributed by atoms with Gasteiger partial charge in [-0.15, -0.1) is 18.2 Å². The van der Waals surface area contributed by atoms with Gasteiger partial charge in [-0.3, -0.25) is 0 Å². The van der Waals surface area contributed by atoms with Crippen molar-refractivity contribution in [2.45, 2.75) is 72.0 Å². The van der Waals surface area contributed by atoms with Crippen LogP contribution in [0.5, 0.6) is 0 Å². The van der Waals surface area contributed by atoms with Crippen molar-refractivity contribution in [1.29, 1.82) is 0 Å². The molecule has 1 atom stereocenters. The fourth-order valence-electron chi connectivity index (χ4n) is 2.13. The van der Waals surface area contributed by atoms with Crippen molar-refractivity contribution >= 4 is 19.7 Å². The molecule has 18 heavy (non-hydrogen) atoms. The first-order valence-electron chi connectivity index (χ1n) is 6.84. The monoisotopic (exact) mass is 286 g/mol. The van der Waals surface area contributed by atoms with Crippen molar-refractivity contribution < 1.29 is 0 Å². The van der Waals surface area contributed by atoms with Crippen molar-refractivity contribution in [3.05, 3.63) is 23.4 Å². The van der Waals surface area contributed by atoms with E-state index in [1.165, 1.54) is 10.8 Å². The van der Waals surface area contributed by atoms with E-state index in [1.807, 2.05) is 0 Å². The number of rotatable bonds is 5. The fraction of sp³-hybridized carbons (Fsp3) is 0.750. The Morgan fingerprint density at radius 3 is 1.89 bits per heavy atom. The summed E-state index contributed by atoms with van der Waals surface area (Å²) in [6.07, 6.45) is 4.29. The van der Waals surface area contributed by atoms with Crippen LogP contribution < -0.4 is 0 Å². The lowest BCUT2D eigenvalue weighted by Gasteiger charge is -2.45. The normalized spacial score (nSPS) is 16.1. The summed E-state index contributed by atoms with van der Waals surface area (Å²) in [7, 11) is -1.43. The molecule has 0 aromatic rings. The SMILES string of the molecule is C=C(C(Cl)(CCC=C(C)C)C(C)(C)C)[Si](C)(C)C. The second-order valence-electron chi connectivity index (χ2n) is 7.60. The van der Waals surface area contributed by atoms with Crippen molar-refractivity contribution in [3.63, 3.8) is 0 Å². The van der Waals surface area contributed by atoms with Crippen molar-refractivity contribution in [2.75, 3.05) is 0 Å². The lowest BCUT2D eigenvalue weighted by atomic mass is 9.77. The lowest BCUT2D eigenvalue weighted by molar-refractivity contribution is 0.301. The van der Waals surface area contributed by atoms with Crippen LogP contribution in [-0.4, -0.2) is 12.9 Å². The van der Waals surface area contributed by atoms with Gasteiger partial charge in [0.2, 0.25) is 0 Å². The van der Waals surface area contributed by atoms with E-state index in [1.54, 1.807) is 0 Å². The van der Waals surface area contributed by atoms with E-state index >= 15 is 0 Å². The minimum atomic E-state index is -1.43. The van der Waals surface area contributed by atoms with E-state index in [4.69, 9.17) is 11.6 Å². The highest BCUT2D eigenvalue weighted by molar-refractivity contribution is 6.84. The van der Waals surface area contributed by atoms with Gasteiger partial charge in [0, 0.05) is 0 Å². The molecule has 0 aliphatic rings. The molecule has 1 unspecified atom stereocenters. The smallest absolute Gasteiger partial charge is 0.0739 e. The fourth-order valence-corrected chi connectivity index (χ4v) is 4.78. The minimum Gasteiger partial charge on any atom is -0.114 e. The van der Waals surface area contributed by atoms with Gasteiger partial charge in [-0.2, -0.15) is 0 Å². The molecule has 0 rings (SSSR count). The zero-order valence-corrected chi connectivity index (χ0v) is 15.3. The maximum Gasteiger partial charge on any atom is 0.0739 e. The molecule has 0 nitrogen and oxygen atoms in total. The predicted molar refractivity (Wildman–Crippen MR) is 89.2 cm³/mol. The zero-order valence-electron chi connectivity index (χ0n) is 13.6. The maximum atomic E-state index is 7.04. The summed E-state index contributed by atoms with van der Waals surface area (Å²) < 4.78 is 0. The van der Waals surface area contributed by atoms with Crippen LogP contribution in [0.4, 0.5) is 0 Å². The molecule has 0 amide bonds. The topological polar surface area (TPSA) is 0 Å². The largest absolute Gasteiger partial charge is 0.114 e. The number of hydrogen-bond acceptors (Lipinski definition) is 0. The highest BCUT2D eigenvalue weighted by atomic mass is 35.5. The van der Waals surface area contributed by atoms with Gasteiger partial charge in [0.15, 0.2) is 0 Å². The highest BCUT2D eigenvalue weighted by Crippen LogP contribution is 2.48. The molecule has 0 aliphatic heterocycles. The third-order valence-corrected chi connectivity index (χ3v) is 6.99. The van der Waals surface area contributed by atoms with Gasteiger partial charge < -0.3 is 0 Å². The Labute approximate surface area is 121 Å². The predicted octanol–water partition coefficient (Wildman–Crippen LogP) is 6.19. The van der Waals surface area contributed by atoms with Crippen LogP contribution in [-0.2, 0) is 0 Å². The molecule has 0 aromatic carbocycles. The summed E-state index contributed by atoms with van der Waals surface area (Å²) in [6, 6.07) is 0. The Balaban J connectivity index is 5.22. The molecule has 0 heterocycles. The van der Waals surface area contributed by atoms with Crippen molar-refractivity contribution in [2.24, 2.45) is 5.41 Å². The van der Waals surface area contributed by atoms with Crippen LogP contribution in [0.1, 0.15) is 47.5 Å². The number of alkyl halides is 1. The van der Waals surface area contributed by atoms with Gasteiger partial charge in [0.25, 0.3) is 0 Å². The van der Waals surface area contributed by atoms with E-state index in [2.05, 4.69) is 66.9 Å². The lowest BCUT2D eigenvalue weighted by Crippen LogP contribution is -2.46. The van der Waals surface area contributed by atoms with E-state index in [9.17, 15) is 0 Å². The van der Waals surface area contributed by atoms with E-state index in [0.717, 1.165) is 12.8 Å². The average molecular weight is 287 g/mol. The summed E-state index contributed by atoms with van der Waals surface area (Å²) in [6.45, 7) is 22.3. The Bertz CT molecular complexity index is 324. The first-order chi connectivity index (χ1) is 7.82. The number of halogens is 1. The van der Waals surface area contributed by atoms with Crippen LogP contribution in [0.3, 0.4) is 0 Å². The minimum absolute atomic E-state index is 0.0431. The van der Waals surface area contributed by atoms with Crippen LogP contribution in [0, 0.1) is 5.41 Å². The standard InChI is InChI=1S/C16H31ClSi/c1-13(2)11-10-12-16(17,15(4,5)6)14(3)18(7,8)9/h11H,3,10,12H2,1-2,4-9H3. The Morgan fingerprint density at radius 1 is 1.17 bits per heavy atom. The second-order valence-corrected chi connectivity index (χ2v) is 13.3. The molecule has 0 N–H and O–H groups in total. The van der Waals surface area contributed by atoms with E-state index in [0.29, 0.717) is 0 Å². The molecule has 0 fully saturated rings. The third-order valence-electron chi connectivity index (χ3n) is 3.61. The summed E-state index contributed by atoms with van der Waals surface area (Å²) in [4.78, 5) is -0.288. The van der Waals surface area contributed by atoms with Gasteiger partial charge >= 0.3 is 0 Å².